The molecule has 19 heavy (non-hydrogen) atoms. The van der Waals surface area contributed by atoms with Crippen LogP contribution in [0.15, 0.2) is 0 Å². The lowest BCUT2D eigenvalue weighted by Gasteiger charge is -2.23. The molecule has 2 fully saturated rings. The Morgan fingerprint density at radius 2 is 1.74 bits per heavy atom. The minimum Gasteiger partial charge on any atom is -0.328 e. The average molecular weight is 310 g/mol. The fourth-order valence-electron chi connectivity index (χ4n) is 2.83. The van der Waals surface area contributed by atoms with Crippen molar-refractivity contribution < 1.29 is 16.8 Å². The molecule has 8 heteroatoms. The van der Waals surface area contributed by atoms with Crippen LogP contribution in [0.25, 0.3) is 0 Å². The van der Waals surface area contributed by atoms with Crippen molar-refractivity contribution in [2.75, 3.05) is 18.1 Å². The Morgan fingerprint density at radius 1 is 1.11 bits per heavy atom. The van der Waals surface area contributed by atoms with Gasteiger partial charge >= 0.3 is 0 Å². The zero-order valence-corrected chi connectivity index (χ0v) is 12.5. The van der Waals surface area contributed by atoms with Crippen LogP contribution in [0.4, 0.5) is 0 Å². The van der Waals surface area contributed by atoms with E-state index in [1.54, 1.807) is 0 Å². The van der Waals surface area contributed by atoms with Gasteiger partial charge in [-0.25, -0.2) is 21.6 Å². The summed E-state index contributed by atoms with van der Waals surface area (Å²) >= 11 is 0. The Hall–Kier alpha value is -0.180. The molecule has 0 amide bonds. The van der Waals surface area contributed by atoms with E-state index in [-0.39, 0.29) is 30.4 Å². The second kappa shape index (κ2) is 5.67. The second-order valence-electron chi connectivity index (χ2n) is 5.68. The normalized spacial score (nSPS) is 32.5. The first kappa shape index (κ1) is 15.2. The van der Waals surface area contributed by atoms with Gasteiger partial charge in [0, 0.05) is 12.6 Å². The molecule has 0 aromatic heterocycles. The third-order valence-corrected chi connectivity index (χ3v) is 7.73. The molecule has 1 heterocycles. The molecule has 1 saturated heterocycles. The van der Waals surface area contributed by atoms with Crippen LogP contribution in [0, 0.1) is 5.92 Å². The lowest BCUT2D eigenvalue weighted by molar-refractivity contribution is 0.501. The van der Waals surface area contributed by atoms with Gasteiger partial charge in [0.15, 0.2) is 0 Å². The van der Waals surface area contributed by atoms with Crippen LogP contribution in [0.3, 0.4) is 0 Å². The minimum absolute atomic E-state index is 0.0210. The van der Waals surface area contributed by atoms with E-state index < -0.39 is 25.1 Å². The number of hydrogen-bond acceptors (Lipinski definition) is 5. The van der Waals surface area contributed by atoms with Crippen LogP contribution in [0.2, 0.25) is 0 Å². The Balaban J connectivity index is 1.85. The fourth-order valence-corrected chi connectivity index (χ4v) is 6.18. The molecule has 2 unspecified atom stereocenters. The SMILES string of the molecule is NC1CCC(CNS(=O)(=O)C2CCS(=O)(=O)CC2)C1. The number of nitrogens with two attached hydrogens (primary N) is 1. The maximum Gasteiger partial charge on any atom is 0.214 e. The van der Waals surface area contributed by atoms with Crippen LogP contribution in [0.1, 0.15) is 32.1 Å². The first-order valence-corrected chi connectivity index (χ1v) is 10.1. The third-order valence-electron chi connectivity index (χ3n) is 4.10. The molecule has 0 aromatic rings. The number of nitrogens with one attached hydrogen (secondary N) is 1. The molecule has 1 saturated carbocycles. The highest BCUT2D eigenvalue weighted by Gasteiger charge is 2.33. The van der Waals surface area contributed by atoms with Gasteiger partial charge in [-0.2, -0.15) is 0 Å². The molecule has 2 aliphatic rings. The van der Waals surface area contributed by atoms with Gasteiger partial charge in [0.1, 0.15) is 9.84 Å². The summed E-state index contributed by atoms with van der Waals surface area (Å²) in [5.74, 6) is 0.275. The zero-order chi connectivity index (χ0) is 14.1. The number of sulfonamides is 1. The van der Waals surface area contributed by atoms with Gasteiger partial charge in [0.25, 0.3) is 0 Å². The summed E-state index contributed by atoms with van der Waals surface area (Å²) < 4.78 is 49.4. The Bertz CT molecular complexity index is 501. The Kier molecular flexibility index (Phi) is 4.54. The summed E-state index contributed by atoms with van der Waals surface area (Å²) in [4.78, 5) is 0. The number of sulfone groups is 1. The fraction of sp³-hybridized carbons (Fsp3) is 1.00. The molecule has 2 rings (SSSR count). The average Bonchev–Trinajstić information content (AvgIpc) is 2.72. The summed E-state index contributed by atoms with van der Waals surface area (Å²) in [6.07, 6.45) is 3.20. The quantitative estimate of drug-likeness (QED) is 0.735. The highest BCUT2D eigenvalue weighted by molar-refractivity contribution is 7.92. The molecule has 2 atom stereocenters. The van der Waals surface area contributed by atoms with Crippen molar-refractivity contribution in [1.82, 2.24) is 4.72 Å². The van der Waals surface area contributed by atoms with Crippen LogP contribution in [0.5, 0.6) is 0 Å². The van der Waals surface area contributed by atoms with Crippen molar-refractivity contribution in [3.8, 4) is 0 Å². The second-order valence-corrected chi connectivity index (χ2v) is 10.0. The number of hydrogen-bond donors (Lipinski definition) is 2. The van der Waals surface area contributed by atoms with Crippen LogP contribution >= 0.6 is 0 Å². The summed E-state index contributed by atoms with van der Waals surface area (Å²) in [6.45, 7) is 0.430. The van der Waals surface area contributed by atoms with Crippen molar-refractivity contribution in [2.45, 2.75) is 43.4 Å². The van der Waals surface area contributed by atoms with Gasteiger partial charge in [-0.05, 0) is 38.0 Å². The van der Waals surface area contributed by atoms with Crippen molar-refractivity contribution >= 4 is 19.9 Å². The van der Waals surface area contributed by atoms with E-state index in [9.17, 15) is 16.8 Å². The van der Waals surface area contributed by atoms with E-state index >= 15 is 0 Å². The molecular formula is C11H22N2O4S2. The molecule has 0 spiro atoms. The van der Waals surface area contributed by atoms with Crippen molar-refractivity contribution in [1.29, 1.82) is 0 Å². The summed E-state index contributed by atoms with van der Waals surface area (Å²) in [7, 11) is -6.42. The summed E-state index contributed by atoms with van der Waals surface area (Å²) in [6, 6.07) is 0.189. The van der Waals surface area contributed by atoms with Crippen LogP contribution < -0.4 is 10.5 Å². The van der Waals surface area contributed by atoms with Crippen LogP contribution in [-0.2, 0) is 19.9 Å². The van der Waals surface area contributed by atoms with Gasteiger partial charge in [-0.3, -0.25) is 0 Å². The van der Waals surface area contributed by atoms with Gasteiger partial charge in [0.2, 0.25) is 10.0 Å². The first-order chi connectivity index (χ1) is 8.78. The van der Waals surface area contributed by atoms with E-state index in [1.165, 1.54) is 0 Å². The van der Waals surface area contributed by atoms with Crippen molar-refractivity contribution in [3.63, 3.8) is 0 Å². The Labute approximate surface area is 115 Å². The van der Waals surface area contributed by atoms with Gasteiger partial charge in [0.05, 0.1) is 16.8 Å². The van der Waals surface area contributed by atoms with Gasteiger partial charge in [-0.15, -0.1) is 0 Å². The monoisotopic (exact) mass is 310 g/mol. The predicted octanol–water partition coefficient (Wildman–Crippen LogP) is -0.390. The highest BCUT2D eigenvalue weighted by atomic mass is 32.2. The molecule has 6 nitrogen and oxygen atoms in total. The highest BCUT2D eigenvalue weighted by Crippen LogP contribution is 2.24. The molecule has 1 aliphatic carbocycles. The topological polar surface area (TPSA) is 106 Å². The zero-order valence-electron chi connectivity index (χ0n) is 10.9. The summed E-state index contributed by atoms with van der Waals surface area (Å²) in [5.41, 5.74) is 5.79. The Morgan fingerprint density at radius 3 is 2.26 bits per heavy atom. The maximum atomic E-state index is 12.1. The smallest absolute Gasteiger partial charge is 0.214 e. The first-order valence-electron chi connectivity index (χ1n) is 6.73. The third kappa shape index (κ3) is 4.14. The van der Waals surface area contributed by atoms with Gasteiger partial charge < -0.3 is 5.73 Å². The molecule has 112 valence electrons. The lowest BCUT2D eigenvalue weighted by Crippen LogP contribution is -2.41. The number of rotatable bonds is 4. The summed E-state index contributed by atoms with van der Waals surface area (Å²) in [5, 5.41) is -0.564. The molecule has 0 bridgehead atoms. The molecule has 0 aromatic carbocycles. The van der Waals surface area contributed by atoms with Crippen LogP contribution in [-0.4, -0.2) is 46.2 Å². The largest absolute Gasteiger partial charge is 0.328 e. The van der Waals surface area contributed by atoms with E-state index in [0.717, 1.165) is 19.3 Å². The standard InChI is InChI=1S/C11H22N2O4S2/c12-10-2-1-9(7-10)8-13-19(16,17)11-3-5-18(14,15)6-4-11/h9-11,13H,1-8,12H2. The minimum atomic E-state index is -3.39. The van der Waals surface area contributed by atoms with E-state index in [2.05, 4.69) is 4.72 Å². The predicted molar refractivity (Wildman–Crippen MR) is 73.9 cm³/mol. The molecule has 1 aliphatic heterocycles. The van der Waals surface area contributed by atoms with E-state index in [4.69, 9.17) is 5.73 Å². The molecule has 0 radical (unpaired) electrons. The van der Waals surface area contributed by atoms with E-state index in [1.807, 2.05) is 0 Å². The lowest BCUT2D eigenvalue weighted by atomic mass is 10.1. The van der Waals surface area contributed by atoms with Gasteiger partial charge in [-0.1, -0.05) is 0 Å². The maximum absolute atomic E-state index is 12.1. The van der Waals surface area contributed by atoms with E-state index in [0.29, 0.717) is 12.5 Å². The van der Waals surface area contributed by atoms with Crippen molar-refractivity contribution in [3.05, 3.63) is 0 Å². The molecular weight excluding hydrogens is 288 g/mol. The van der Waals surface area contributed by atoms with Crippen molar-refractivity contribution in [2.24, 2.45) is 11.7 Å². The molecule has 3 N–H and O–H groups in total.